The summed E-state index contributed by atoms with van der Waals surface area (Å²) in [6.07, 6.45) is 14.2. The van der Waals surface area contributed by atoms with Crippen LogP contribution in [0.15, 0.2) is 0 Å². The number of hydrogen-bond acceptors (Lipinski definition) is 38. The summed E-state index contributed by atoms with van der Waals surface area (Å²) >= 11 is 0. The topological polar surface area (TPSA) is 500 Å². The minimum Gasteiger partial charge on any atom is -0.469 e. The molecule has 0 aromatic carbocycles. The summed E-state index contributed by atoms with van der Waals surface area (Å²) in [5, 5.41) is 0. The van der Waals surface area contributed by atoms with Crippen LogP contribution in [0.4, 0.5) is 0 Å². The number of esters is 19. The van der Waals surface area contributed by atoms with Crippen LogP contribution in [0, 0.1) is 29.1 Å². The number of hydrogen-bond donors (Lipinski definition) is 0. The van der Waals surface area contributed by atoms with E-state index < -0.39 is 0 Å². The van der Waals surface area contributed by atoms with Crippen molar-refractivity contribution in [2.75, 3.05) is 130 Å². The third-order valence-corrected chi connectivity index (χ3v) is 13.8. The molecule has 0 spiro atoms. The zero-order valence-corrected chi connectivity index (χ0v) is 93.7. The van der Waals surface area contributed by atoms with E-state index in [4.69, 9.17) is 14.2 Å². The second kappa shape index (κ2) is 149. The zero-order valence-electron chi connectivity index (χ0n) is 93.7. The van der Waals surface area contributed by atoms with E-state index in [-0.39, 0.29) is 125 Å². The maximum Gasteiger partial charge on any atom is 0.311 e. The lowest BCUT2D eigenvalue weighted by Crippen LogP contribution is -2.24. The summed E-state index contributed by atoms with van der Waals surface area (Å²) in [5.41, 5.74) is -0.311. The maximum absolute atomic E-state index is 10.8. The van der Waals surface area contributed by atoms with Gasteiger partial charge < -0.3 is 90.0 Å². The monoisotopic (exact) mass is 2000 g/mol. The van der Waals surface area contributed by atoms with Gasteiger partial charge in [-0.2, -0.15) is 0 Å². The first-order chi connectivity index (χ1) is 63.8. The first-order valence-corrected chi connectivity index (χ1v) is 47.0. The molecule has 0 aliphatic heterocycles. The minimum atomic E-state index is -0.311. The van der Waals surface area contributed by atoms with Crippen LogP contribution in [0.2, 0.25) is 0 Å². The Morgan fingerprint density at radius 1 is 0.226 bits per heavy atom. The molecule has 0 saturated heterocycles. The Balaban J connectivity index is -0.0000000634. The average molecular weight is 2000 g/mol. The second-order valence-electron chi connectivity index (χ2n) is 27.7. The predicted octanol–water partition coefficient (Wildman–Crippen LogP) is 19.1. The van der Waals surface area contributed by atoms with Crippen LogP contribution in [0.3, 0.4) is 0 Å². The molecule has 0 radical (unpaired) electrons. The van der Waals surface area contributed by atoms with Gasteiger partial charge in [-0.3, -0.25) is 91.1 Å². The van der Waals surface area contributed by atoms with Gasteiger partial charge in [-0.25, -0.2) is 0 Å². The van der Waals surface area contributed by atoms with Crippen LogP contribution in [-0.2, 0) is 181 Å². The summed E-state index contributed by atoms with van der Waals surface area (Å²) in [7, 11) is 11.1. The predicted molar refractivity (Wildman–Crippen MR) is 530 cm³/mol. The van der Waals surface area contributed by atoms with Gasteiger partial charge in [0.25, 0.3) is 0 Å². The summed E-state index contributed by atoms with van der Waals surface area (Å²) in [5.74, 6) is -0.771. The molecule has 822 valence electrons. The Hall–Kier alpha value is -10.1. The number of ether oxygens (including phenoxy) is 19. The van der Waals surface area contributed by atoms with E-state index in [9.17, 15) is 91.1 Å². The molecule has 0 rings (SSSR count). The molecule has 0 N–H and O–H groups in total. The van der Waals surface area contributed by atoms with E-state index in [1.54, 1.807) is 104 Å². The van der Waals surface area contributed by atoms with E-state index in [1.165, 1.54) is 98.4 Å². The van der Waals surface area contributed by atoms with Gasteiger partial charge in [-0.05, 0) is 145 Å². The Labute approximate surface area is 827 Å². The molecule has 137 heavy (non-hydrogen) atoms. The maximum atomic E-state index is 10.8. The highest BCUT2D eigenvalue weighted by Crippen LogP contribution is 2.20. The second-order valence-corrected chi connectivity index (χ2v) is 27.7. The van der Waals surface area contributed by atoms with Gasteiger partial charge >= 0.3 is 113 Å². The van der Waals surface area contributed by atoms with Crippen molar-refractivity contribution in [1.29, 1.82) is 0 Å². The molecule has 1 atom stereocenters. The van der Waals surface area contributed by atoms with Crippen LogP contribution >= 0.6 is 0 Å². The SMILES string of the molecule is CCC(=O)OC.CCC(=O)OC.CCC(=O)OC.CCC(=O)OC.CCC(=O)OC.CCC(=O)OCCCC(C)C.CCC(=O)OCCCC(C)C.CCC(=O)OCCCC(C)C.CCC(C)(C)C(=O)OC.CCC(C)C(=O)OC.CCCC(=O)OC.CCOC(=O)CC.CCOC(=O)CC.CCOC(C)=O.CCOC(C)=O.CCOC(C)=O.CCOC(C)=O.CCOC(C)=O.CCOC(C)=O. The van der Waals surface area contributed by atoms with E-state index in [1.807, 2.05) is 62.3 Å². The fourth-order valence-electron chi connectivity index (χ4n) is 5.90. The first-order valence-electron chi connectivity index (χ1n) is 47.0. The molecule has 0 fully saturated rings. The fraction of sp³-hybridized carbons (Fsp3) is 0.808. The standard InChI is InChI=1S/3C9H18O2.C7H14O2.C6H12O2.3C5H10O2.11C4H8O2/c3*1-4-9(10)11-7-5-6-8(2)3;1-5-7(2,3)6(8)9-4;1-4-5(2)6(7)8-3;1-3-4-5(6)7-2;2*1-3-5(6)7-4-2;5*1-3-4(5)6-2;6*1-3-6-4(2)5/h3*8H,4-7H2,1-3H3;5H2,1-4H3;5H,4H2,1-3H3;3*3-4H2,1-2H3;11*3H2,1-2H3. The lowest BCUT2D eigenvalue weighted by molar-refractivity contribution is -0.151. The summed E-state index contributed by atoms with van der Waals surface area (Å²) in [4.78, 5) is 193. The third-order valence-electron chi connectivity index (χ3n) is 13.8. The van der Waals surface area contributed by atoms with Gasteiger partial charge in [0.15, 0.2) is 0 Å². The molecule has 0 aromatic rings. The largest absolute Gasteiger partial charge is 0.469 e. The van der Waals surface area contributed by atoms with Gasteiger partial charge in [0.2, 0.25) is 0 Å². The van der Waals surface area contributed by atoms with E-state index in [0.717, 1.165) is 57.8 Å². The highest BCUT2D eigenvalue weighted by Gasteiger charge is 2.25. The van der Waals surface area contributed by atoms with Gasteiger partial charge in [0, 0.05) is 112 Å². The Morgan fingerprint density at radius 2 is 0.401 bits per heavy atom. The van der Waals surface area contributed by atoms with Crippen LogP contribution in [0.25, 0.3) is 0 Å². The van der Waals surface area contributed by atoms with Gasteiger partial charge in [0.05, 0.1) is 141 Å². The van der Waals surface area contributed by atoms with Crippen molar-refractivity contribution < 1.29 is 181 Å². The highest BCUT2D eigenvalue weighted by molar-refractivity contribution is 5.76. The molecule has 0 saturated carbocycles. The molecule has 0 heterocycles. The van der Waals surface area contributed by atoms with Crippen LogP contribution in [0.5, 0.6) is 0 Å². The summed E-state index contributed by atoms with van der Waals surface area (Å²) in [6.45, 7) is 70.5. The van der Waals surface area contributed by atoms with Crippen molar-refractivity contribution in [1.82, 2.24) is 0 Å². The molecular formula is C99H198O38. The van der Waals surface area contributed by atoms with Crippen LogP contribution in [0.1, 0.15) is 378 Å². The Kier molecular flexibility index (Phi) is 188. The quantitative estimate of drug-likeness (QED) is 0.0319. The van der Waals surface area contributed by atoms with Gasteiger partial charge in [-0.1, -0.05) is 138 Å². The van der Waals surface area contributed by atoms with Gasteiger partial charge in [-0.15, -0.1) is 0 Å². The van der Waals surface area contributed by atoms with Crippen LogP contribution < -0.4 is 0 Å². The van der Waals surface area contributed by atoms with Gasteiger partial charge in [0.1, 0.15) is 0 Å². The Bertz CT molecular complexity index is 2410. The number of methoxy groups -OCH3 is 8. The smallest absolute Gasteiger partial charge is 0.311 e. The molecule has 0 aliphatic carbocycles. The van der Waals surface area contributed by atoms with Crippen LogP contribution in [-0.4, -0.2) is 243 Å². The lowest BCUT2D eigenvalue weighted by atomic mass is 9.91. The number of carbonyl (C=O) groups is 19. The van der Waals surface area contributed by atoms with Crippen molar-refractivity contribution in [2.24, 2.45) is 29.1 Å². The number of carbonyl (C=O) groups excluding carboxylic acids is 19. The normalized spacial score (nSPS) is 8.90. The van der Waals surface area contributed by atoms with Crippen molar-refractivity contribution >= 4 is 113 Å². The third kappa shape index (κ3) is 245. The zero-order chi connectivity index (χ0) is 112. The lowest BCUT2D eigenvalue weighted by Gasteiger charge is -2.17. The van der Waals surface area contributed by atoms with Crippen molar-refractivity contribution in [3.8, 4) is 0 Å². The molecule has 38 heteroatoms. The molecule has 0 aliphatic rings. The summed E-state index contributed by atoms with van der Waals surface area (Å²) in [6, 6.07) is 0. The van der Waals surface area contributed by atoms with E-state index in [2.05, 4.69) is 117 Å². The number of rotatable bonds is 36. The van der Waals surface area contributed by atoms with Crippen molar-refractivity contribution in [3.05, 3.63) is 0 Å². The highest BCUT2D eigenvalue weighted by atomic mass is 16.6. The first kappa shape index (κ1) is 173. The van der Waals surface area contributed by atoms with E-state index in [0.29, 0.717) is 161 Å². The van der Waals surface area contributed by atoms with E-state index >= 15 is 0 Å². The minimum absolute atomic E-state index is 0.0556. The average Bonchev–Trinajstić information content (AvgIpc) is 0.905. The molecule has 1 unspecified atom stereocenters. The summed E-state index contributed by atoms with van der Waals surface area (Å²) < 4.78 is 84.9. The molecule has 38 nitrogen and oxygen atoms in total. The van der Waals surface area contributed by atoms with Crippen molar-refractivity contribution in [3.63, 3.8) is 0 Å². The molecular weight excluding hydrogens is 1800 g/mol. The Morgan fingerprint density at radius 3 is 0.467 bits per heavy atom. The molecule has 0 bridgehead atoms. The molecule has 0 aromatic heterocycles. The molecule has 0 amide bonds. The van der Waals surface area contributed by atoms with Crippen molar-refractivity contribution in [2.45, 2.75) is 378 Å². The fourth-order valence-corrected chi connectivity index (χ4v) is 5.90.